The SMILES string of the molecule is COc1cc(Cl)ccc1C1(C(=O)CCCc2ccc(OCc3ccccc3)cc2)CCC1. The Morgan fingerprint density at radius 2 is 1.72 bits per heavy atom. The molecule has 0 spiro atoms. The van der Waals surface area contributed by atoms with Crippen molar-refractivity contribution >= 4 is 17.4 Å². The summed E-state index contributed by atoms with van der Waals surface area (Å²) in [5.41, 5.74) is 2.94. The summed E-state index contributed by atoms with van der Waals surface area (Å²) in [6.45, 7) is 0.560. The van der Waals surface area contributed by atoms with Crippen molar-refractivity contribution in [3.63, 3.8) is 0 Å². The van der Waals surface area contributed by atoms with Gasteiger partial charge in [0.1, 0.15) is 23.9 Å². The summed E-state index contributed by atoms with van der Waals surface area (Å²) in [6, 6.07) is 24.0. The standard InChI is InChI=1S/C28H29ClO3/c1-31-26-19-23(29)13-16-25(26)28(17-6-18-28)27(30)10-5-9-21-11-14-24(15-12-21)32-20-22-7-3-2-4-8-22/h2-4,7-8,11-16,19H,5-6,9-10,17-18,20H2,1H3. The number of methoxy groups -OCH3 is 1. The molecule has 1 fully saturated rings. The summed E-state index contributed by atoms with van der Waals surface area (Å²) in [7, 11) is 1.64. The normalized spacial score (nSPS) is 14.4. The maximum absolute atomic E-state index is 13.3. The molecule has 0 bridgehead atoms. The third kappa shape index (κ3) is 4.99. The molecule has 0 amide bonds. The summed E-state index contributed by atoms with van der Waals surface area (Å²) in [4.78, 5) is 13.3. The number of aryl methyl sites for hydroxylation is 1. The van der Waals surface area contributed by atoms with Gasteiger partial charge in [0.05, 0.1) is 12.5 Å². The molecule has 4 rings (SSSR count). The molecule has 0 radical (unpaired) electrons. The first-order chi connectivity index (χ1) is 15.6. The van der Waals surface area contributed by atoms with Crippen molar-refractivity contribution < 1.29 is 14.3 Å². The van der Waals surface area contributed by atoms with Crippen LogP contribution in [-0.4, -0.2) is 12.9 Å². The lowest BCUT2D eigenvalue weighted by Crippen LogP contribution is -2.42. The van der Waals surface area contributed by atoms with E-state index in [1.54, 1.807) is 7.11 Å². The molecule has 1 aliphatic rings. The average molecular weight is 449 g/mol. The van der Waals surface area contributed by atoms with Gasteiger partial charge in [-0.15, -0.1) is 0 Å². The van der Waals surface area contributed by atoms with Gasteiger partial charge in [0.25, 0.3) is 0 Å². The van der Waals surface area contributed by atoms with Gasteiger partial charge >= 0.3 is 0 Å². The topological polar surface area (TPSA) is 35.5 Å². The molecule has 1 aliphatic carbocycles. The minimum Gasteiger partial charge on any atom is -0.496 e. The Bertz CT molecular complexity index is 1040. The second kappa shape index (κ2) is 10.2. The fourth-order valence-corrected chi connectivity index (χ4v) is 4.64. The number of carbonyl (C=O) groups excluding carboxylic acids is 1. The van der Waals surface area contributed by atoms with Crippen LogP contribution in [-0.2, 0) is 23.2 Å². The van der Waals surface area contributed by atoms with Crippen LogP contribution in [0, 0.1) is 0 Å². The second-order valence-electron chi connectivity index (χ2n) is 8.48. The molecular formula is C28H29ClO3. The van der Waals surface area contributed by atoms with Crippen LogP contribution in [0.5, 0.6) is 11.5 Å². The summed E-state index contributed by atoms with van der Waals surface area (Å²) in [6.07, 6.45) is 5.12. The highest BCUT2D eigenvalue weighted by Gasteiger charge is 2.46. The summed E-state index contributed by atoms with van der Waals surface area (Å²) >= 11 is 6.13. The van der Waals surface area contributed by atoms with Crippen LogP contribution in [0.3, 0.4) is 0 Å². The van der Waals surface area contributed by atoms with Crippen LogP contribution in [0.2, 0.25) is 5.02 Å². The van der Waals surface area contributed by atoms with E-state index in [0.29, 0.717) is 23.8 Å². The minimum absolute atomic E-state index is 0.312. The van der Waals surface area contributed by atoms with Crippen LogP contribution in [0.25, 0.3) is 0 Å². The fourth-order valence-electron chi connectivity index (χ4n) is 4.47. The first-order valence-electron chi connectivity index (χ1n) is 11.2. The molecular weight excluding hydrogens is 420 g/mol. The lowest BCUT2D eigenvalue weighted by atomic mass is 9.61. The Labute approximate surface area is 195 Å². The lowest BCUT2D eigenvalue weighted by Gasteiger charge is -2.41. The van der Waals surface area contributed by atoms with Crippen molar-refractivity contribution in [3.8, 4) is 11.5 Å². The molecule has 0 N–H and O–H groups in total. The Hall–Kier alpha value is -2.78. The van der Waals surface area contributed by atoms with E-state index >= 15 is 0 Å². The lowest BCUT2D eigenvalue weighted by molar-refractivity contribution is -0.127. The number of benzene rings is 3. The number of ether oxygens (including phenoxy) is 2. The number of Topliss-reactive ketones (excluding diaryl/α,β-unsaturated/α-hetero) is 1. The van der Waals surface area contributed by atoms with Gasteiger partial charge in [-0.3, -0.25) is 4.79 Å². The minimum atomic E-state index is -0.412. The van der Waals surface area contributed by atoms with E-state index < -0.39 is 5.41 Å². The van der Waals surface area contributed by atoms with E-state index in [9.17, 15) is 4.79 Å². The van der Waals surface area contributed by atoms with Gasteiger partial charge in [-0.2, -0.15) is 0 Å². The van der Waals surface area contributed by atoms with Crippen LogP contribution in [0.4, 0.5) is 0 Å². The first kappa shape index (κ1) is 22.4. The Balaban J connectivity index is 1.31. The fraction of sp³-hybridized carbons (Fsp3) is 0.321. The number of carbonyl (C=O) groups is 1. The second-order valence-corrected chi connectivity index (χ2v) is 8.91. The predicted octanol–water partition coefficient (Wildman–Crippen LogP) is 6.94. The molecule has 0 aliphatic heterocycles. The molecule has 0 aromatic heterocycles. The smallest absolute Gasteiger partial charge is 0.143 e. The van der Waals surface area contributed by atoms with E-state index in [1.165, 1.54) is 5.56 Å². The zero-order valence-corrected chi connectivity index (χ0v) is 19.2. The Morgan fingerprint density at radius 1 is 0.969 bits per heavy atom. The third-order valence-electron chi connectivity index (χ3n) is 6.46. The molecule has 0 saturated heterocycles. The van der Waals surface area contributed by atoms with E-state index in [0.717, 1.165) is 54.7 Å². The zero-order chi connectivity index (χ0) is 22.4. The van der Waals surface area contributed by atoms with Gasteiger partial charge in [0, 0.05) is 17.0 Å². The molecule has 3 nitrogen and oxygen atoms in total. The highest BCUT2D eigenvalue weighted by Crippen LogP contribution is 2.49. The summed E-state index contributed by atoms with van der Waals surface area (Å²) in [5.74, 6) is 1.89. The number of hydrogen-bond acceptors (Lipinski definition) is 3. The van der Waals surface area contributed by atoms with Crippen LogP contribution < -0.4 is 9.47 Å². The molecule has 0 unspecified atom stereocenters. The van der Waals surface area contributed by atoms with Crippen molar-refractivity contribution in [3.05, 3.63) is 94.5 Å². The predicted molar refractivity (Wildman–Crippen MR) is 129 cm³/mol. The molecule has 3 aromatic rings. The van der Waals surface area contributed by atoms with Crippen LogP contribution >= 0.6 is 11.6 Å². The van der Waals surface area contributed by atoms with Gasteiger partial charge in [0.2, 0.25) is 0 Å². The van der Waals surface area contributed by atoms with Crippen molar-refractivity contribution in [1.29, 1.82) is 0 Å². The third-order valence-corrected chi connectivity index (χ3v) is 6.70. The maximum Gasteiger partial charge on any atom is 0.143 e. The van der Waals surface area contributed by atoms with E-state index in [-0.39, 0.29) is 0 Å². The molecule has 166 valence electrons. The van der Waals surface area contributed by atoms with Gasteiger partial charge in [-0.1, -0.05) is 66.6 Å². The van der Waals surface area contributed by atoms with Crippen molar-refractivity contribution in [1.82, 2.24) is 0 Å². The van der Waals surface area contributed by atoms with Crippen molar-refractivity contribution in [2.24, 2.45) is 0 Å². The highest BCUT2D eigenvalue weighted by molar-refractivity contribution is 6.30. The Morgan fingerprint density at radius 3 is 2.38 bits per heavy atom. The van der Waals surface area contributed by atoms with Crippen LogP contribution in [0.15, 0.2) is 72.8 Å². The van der Waals surface area contributed by atoms with Crippen molar-refractivity contribution in [2.45, 2.75) is 50.5 Å². The van der Waals surface area contributed by atoms with E-state index in [2.05, 4.69) is 24.3 Å². The maximum atomic E-state index is 13.3. The molecule has 0 heterocycles. The first-order valence-corrected chi connectivity index (χ1v) is 11.6. The number of halogens is 1. The number of rotatable bonds is 10. The van der Waals surface area contributed by atoms with Gasteiger partial charge in [-0.25, -0.2) is 0 Å². The van der Waals surface area contributed by atoms with Crippen molar-refractivity contribution in [2.75, 3.05) is 7.11 Å². The summed E-state index contributed by atoms with van der Waals surface area (Å²) in [5, 5.41) is 0.628. The number of hydrogen-bond donors (Lipinski definition) is 0. The largest absolute Gasteiger partial charge is 0.496 e. The molecule has 4 heteroatoms. The average Bonchev–Trinajstić information content (AvgIpc) is 2.79. The quantitative estimate of drug-likeness (QED) is 0.337. The Kier molecular flexibility index (Phi) is 7.16. The molecule has 1 saturated carbocycles. The van der Waals surface area contributed by atoms with E-state index in [1.807, 2.05) is 48.5 Å². The van der Waals surface area contributed by atoms with Crippen LogP contribution in [0.1, 0.15) is 48.8 Å². The summed E-state index contributed by atoms with van der Waals surface area (Å²) < 4.78 is 11.4. The monoisotopic (exact) mass is 448 g/mol. The van der Waals surface area contributed by atoms with Gasteiger partial charge in [0.15, 0.2) is 0 Å². The zero-order valence-electron chi connectivity index (χ0n) is 18.5. The van der Waals surface area contributed by atoms with Gasteiger partial charge in [-0.05, 0) is 61.1 Å². The molecule has 3 aromatic carbocycles. The van der Waals surface area contributed by atoms with E-state index in [4.69, 9.17) is 21.1 Å². The van der Waals surface area contributed by atoms with Gasteiger partial charge < -0.3 is 9.47 Å². The molecule has 32 heavy (non-hydrogen) atoms. The highest BCUT2D eigenvalue weighted by atomic mass is 35.5. The number of ketones is 1. The molecule has 0 atom stereocenters.